The van der Waals surface area contributed by atoms with E-state index in [2.05, 4.69) is 20.9 Å². The molecule has 1 aromatic heterocycles. The van der Waals surface area contributed by atoms with Crippen LogP contribution in [0.25, 0.3) is 10.9 Å². The lowest BCUT2D eigenvalue weighted by molar-refractivity contribution is -0.138. The molecule has 0 saturated carbocycles. The molecule has 0 bridgehead atoms. The predicted molar refractivity (Wildman–Crippen MR) is 128 cm³/mol. The largest absolute Gasteiger partial charge is 0.480 e. The van der Waals surface area contributed by atoms with Gasteiger partial charge in [-0.1, -0.05) is 32.0 Å². The van der Waals surface area contributed by atoms with Crippen molar-refractivity contribution < 1.29 is 29.1 Å². The third-order valence-corrected chi connectivity index (χ3v) is 5.48. The maximum atomic E-state index is 13.2. The van der Waals surface area contributed by atoms with E-state index in [0.29, 0.717) is 0 Å². The number of rotatable bonds is 13. The van der Waals surface area contributed by atoms with Crippen molar-refractivity contribution in [1.82, 2.24) is 20.9 Å². The molecule has 3 atom stereocenters. The van der Waals surface area contributed by atoms with E-state index < -0.39 is 54.3 Å². The quantitative estimate of drug-likeness (QED) is 0.189. The topological polar surface area (TPSA) is 209 Å². The van der Waals surface area contributed by atoms with Crippen LogP contribution in [0.1, 0.15) is 32.3 Å². The number of nitrogens with two attached hydrogens (primary N) is 2. The highest BCUT2D eigenvalue weighted by Gasteiger charge is 2.30. The number of carbonyl (C=O) groups is 5. The number of carboxylic acids is 1. The first-order valence-corrected chi connectivity index (χ1v) is 11.2. The number of amides is 4. The molecule has 0 fully saturated rings. The summed E-state index contributed by atoms with van der Waals surface area (Å²) in [5.74, 6) is -4.18. The number of hydrogen-bond acceptors (Lipinski definition) is 6. The van der Waals surface area contributed by atoms with Crippen molar-refractivity contribution in [3.8, 4) is 0 Å². The molecule has 0 saturated heterocycles. The Hall–Kier alpha value is -3.93. The number of aliphatic carboxylic acids is 1. The van der Waals surface area contributed by atoms with Gasteiger partial charge < -0.3 is 37.5 Å². The fourth-order valence-corrected chi connectivity index (χ4v) is 3.41. The van der Waals surface area contributed by atoms with Crippen LogP contribution < -0.4 is 27.4 Å². The van der Waals surface area contributed by atoms with Gasteiger partial charge >= 0.3 is 5.97 Å². The molecule has 12 nitrogen and oxygen atoms in total. The van der Waals surface area contributed by atoms with Crippen LogP contribution in [-0.4, -0.2) is 64.4 Å². The molecule has 0 aliphatic carbocycles. The number of aromatic nitrogens is 1. The smallest absolute Gasteiger partial charge is 0.322 e. The maximum absolute atomic E-state index is 13.2. The number of benzene rings is 1. The molecule has 1 aromatic carbocycles. The highest BCUT2D eigenvalue weighted by Crippen LogP contribution is 2.19. The average Bonchev–Trinajstić information content (AvgIpc) is 3.21. The molecule has 9 N–H and O–H groups in total. The summed E-state index contributed by atoms with van der Waals surface area (Å²) in [6.45, 7) is 2.87. The molecule has 35 heavy (non-hydrogen) atoms. The van der Waals surface area contributed by atoms with E-state index >= 15 is 0 Å². The van der Waals surface area contributed by atoms with Gasteiger partial charge in [-0.25, -0.2) is 0 Å². The average molecular weight is 489 g/mol. The lowest BCUT2D eigenvalue weighted by Gasteiger charge is -2.24. The number of fused-ring (bicyclic) bond motifs is 1. The van der Waals surface area contributed by atoms with Gasteiger partial charge in [0.05, 0.1) is 6.04 Å². The summed E-state index contributed by atoms with van der Waals surface area (Å²) in [4.78, 5) is 63.5. The number of nitrogens with one attached hydrogen (secondary N) is 4. The van der Waals surface area contributed by atoms with Gasteiger partial charge in [-0.2, -0.15) is 0 Å². The van der Waals surface area contributed by atoms with Gasteiger partial charge in [-0.15, -0.1) is 0 Å². The van der Waals surface area contributed by atoms with Gasteiger partial charge in [0.25, 0.3) is 0 Å². The third kappa shape index (κ3) is 8.10. The summed E-state index contributed by atoms with van der Waals surface area (Å²) in [7, 11) is 0. The standard InChI is InChI=1S/C23H32N6O6/c1-12(2)20(25)23(35)29-17(9-13-10-26-15-6-4-3-5-14(13)15)22(34)28-16(7-8-18(24)30)21(33)27-11-19(31)32/h3-6,10,12,16-17,20,26H,7-9,11,25H2,1-2H3,(H2,24,30)(H,27,33)(H,28,34)(H,29,35)(H,31,32). The maximum Gasteiger partial charge on any atom is 0.322 e. The summed E-state index contributed by atoms with van der Waals surface area (Å²) < 4.78 is 0. The van der Waals surface area contributed by atoms with Gasteiger partial charge in [-0.05, 0) is 24.0 Å². The zero-order valence-electron chi connectivity index (χ0n) is 19.7. The van der Waals surface area contributed by atoms with E-state index in [4.69, 9.17) is 16.6 Å². The Morgan fingerprint density at radius 2 is 1.66 bits per heavy atom. The summed E-state index contributed by atoms with van der Waals surface area (Å²) in [5.41, 5.74) is 12.7. The SMILES string of the molecule is CC(C)C(N)C(=O)NC(Cc1c[nH]c2ccccc12)C(=O)NC(CCC(N)=O)C(=O)NCC(=O)O. The molecule has 0 aliphatic rings. The van der Waals surface area contributed by atoms with E-state index in [1.165, 1.54) is 0 Å². The van der Waals surface area contributed by atoms with Gasteiger partial charge in [-0.3, -0.25) is 24.0 Å². The molecule has 4 amide bonds. The first kappa shape index (κ1) is 27.3. The van der Waals surface area contributed by atoms with Crippen molar-refractivity contribution in [3.05, 3.63) is 36.0 Å². The van der Waals surface area contributed by atoms with Crippen LogP contribution in [0.15, 0.2) is 30.5 Å². The minimum absolute atomic E-state index is 0.0890. The van der Waals surface area contributed by atoms with Crippen molar-refractivity contribution in [2.24, 2.45) is 17.4 Å². The normalized spacial score (nSPS) is 13.6. The van der Waals surface area contributed by atoms with E-state index in [1.807, 2.05) is 24.3 Å². The Labute approximate surface area is 202 Å². The molecular weight excluding hydrogens is 456 g/mol. The molecule has 2 rings (SSSR count). The summed E-state index contributed by atoms with van der Waals surface area (Å²) in [5, 5.41) is 17.0. The Kier molecular flexibility index (Phi) is 9.76. The fraction of sp³-hybridized carbons (Fsp3) is 0.435. The Bertz CT molecular complexity index is 1080. The molecule has 1 heterocycles. The van der Waals surface area contributed by atoms with Crippen LogP contribution >= 0.6 is 0 Å². The van der Waals surface area contributed by atoms with Crippen LogP contribution in [0, 0.1) is 5.92 Å². The van der Waals surface area contributed by atoms with Crippen LogP contribution in [0.5, 0.6) is 0 Å². The van der Waals surface area contributed by atoms with E-state index in [-0.39, 0.29) is 25.2 Å². The van der Waals surface area contributed by atoms with E-state index in [0.717, 1.165) is 16.5 Å². The number of H-pyrrole nitrogens is 1. The number of carboxylic acid groups (broad SMARTS) is 1. The number of carbonyl (C=O) groups excluding carboxylic acids is 4. The second kappa shape index (κ2) is 12.5. The molecule has 0 aliphatic heterocycles. The minimum Gasteiger partial charge on any atom is -0.480 e. The zero-order valence-corrected chi connectivity index (χ0v) is 19.7. The molecule has 3 unspecified atom stereocenters. The Balaban J connectivity index is 2.27. The monoisotopic (exact) mass is 488 g/mol. The van der Waals surface area contributed by atoms with Crippen molar-refractivity contribution in [3.63, 3.8) is 0 Å². The first-order valence-electron chi connectivity index (χ1n) is 11.2. The van der Waals surface area contributed by atoms with Gasteiger partial charge in [0.1, 0.15) is 18.6 Å². The van der Waals surface area contributed by atoms with Crippen LogP contribution in [-0.2, 0) is 30.4 Å². The van der Waals surface area contributed by atoms with E-state index in [1.54, 1.807) is 20.0 Å². The van der Waals surface area contributed by atoms with Crippen LogP contribution in [0.2, 0.25) is 0 Å². The highest BCUT2D eigenvalue weighted by atomic mass is 16.4. The number of aromatic amines is 1. The minimum atomic E-state index is -1.27. The number of primary amides is 1. The molecule has 2 aromatic rings. The van der Waals surface area contributed by atoms with Crippen molar-refractivity contribution in [2.45, 2.75) is 51.2 Å². The Morgan fingerprint density at radius 3 is 2.29 bits per heavy atom. The van der Waals surface area contributed by atoms with Crippen molar-refractivity contribution in [1.29, 1.82) is 0 Å². The van der Waals surface area contributed by atoms with Gasteiger partial charge in [0.2, 0.25) is 23.6 Å². The van der Waals surface area contributed by atoms with E-state index in [9.17, 15) is 24.0 Å². The molecule has 0 radical (unpaired) electrons. The van der Waals surface area contributed by atoms with Gasteiger partial charge in [0.15, 0.2) is 0 Å². The van der Waals surface area contributed by atoms with Crippen LogP contribution in [0.4, 0.5) is 0 Å². The van der Waals surface area contributed by atoms with Crippen LogP contribution in [0.3, 0.4) is 0 Å². The Morgan fingerprint density at radius 1 is 1.00 bits per heavy atom. The molecule has 190 valence electrons. The second-order valence-corrected chi connectivity index (χ2v) is 8.57. The summed E-state index contributed by atoms with van der Waals surface area (Å²) in [6.07, 6.45) is 1.45. The lowest BCUT2D eigenvalue weighted by Crippen LogP contribution is -2.57. The molecule has 12 heteroatoms. The fourth-order valence-electron chi connectivity index (χ4n) is 3.41. The molecular formula is C23H32N6O6. The highest BCUT2D eigenvalue weighted by molar-refractivity contribution is 5.94. The lowest BCUT2D eigenvalue weighted by atomic mass is 10.0. The first-order chi connectivity index (χ1) is 16.5. The predicted octanol–water partition coefficient (Wildman–Crippen LogP) is -0.870. The van der Waals surface area contributed by atoms with Crippen molar-refractivity contribution in [2.75, 3.05) is 6.54 Å². The third-order valence-electron chi connectivity index (χ3n) is 5.48. The van der Waals surface area contributed by atoms with Crippen molar-refractivity contribution >= 4 is 40.5 Å². The number of para-hydroxylation sites is 1. The zero-order chi connectivity index (χ0) is 26.1. The van der Waals surface area contributed by atoms with Gasteiger partial charge in [0, 0.05) is 29.9 Å². The summed E-state index contributed by atoms with van der Waals surface area (Å²) >= 11 is 0. The number of hydrogen-bond donors (Lipinski definition) is 7. The second-order valence-electron chi connectivity index (χ2n) is 8.57. The molecule has 0 spiro atoms. The summed E-state index contributed by atoms with van der Waals surface area (Å²) in [6, 6.07) is 4.23.